The molecule has 1 aromatic carbocycles. The van der Waals surface area contributed by atoms with Crippen LogP contribution < -0.4 is 9.64 Å². The van der Waals surface area contributed by atoms with E-state index in [-0.39, 0.29) is 0 Å². The number of aryl methyl sites for hydroxylation is 1. The Hall–Kier alpha value is -1.71. The third-order valence-corrected chi connectivity index (χ3v) is 2.25. The van der Waals surface area contributed by atoms with Crippen molar-refractivity contribution in [2.24, 2.45) is 0 Å². The smallest absolute Gasteiger partial charge is 0.411 e. The number of amides is 1. The Kier molecular flexibility index (Phi) is 3.55. The molecule has 4 nitrogen and oxygen atoms in total. The van der Waals surface area contributed by atoms with E-state index in [4.69, 9.17) is 9.84 Å². The van der Waals surface area contributed by atoms with Crippen LogP contribution in [-0.2, 0) is 0 Å². The lowest BCUT2D eigenvalue weighted by Gasteiger charge is -2.18. The fourth-order valence-corrected chi connectivity index (χ4v) is 1.40. The Morgan fingerprint density at radius 3 is 2.67 bits per heavy atom. The fraction of sp³-hybridized carbons (Fsp3) is 0.364. The summed E-state index contributed by atoms with van der Waals surface area (Å²) >= 11 is 0. The molecule has 82 valence electrons. The topological polar surface area (TPSA) is 49.8 Å². The van der Waals surface area contributed by atoms with Crippen LogP contribution in [0.2, 0.25) is 0 Å². The van der Waals surface area contributed by atoms with Gasteiger partial charge < -0.3 is 9.84 Å². The standard InChI is InChI=1S/C11H15NO3/c1-4-12(11(13)14)9-6-5-8(2)10(7-9)15-3/h5-7H,4H2,1-3H3,(H,13,14). The van der Waals surface area contributed by atoms with E-state index in [0.717, 1.165) is 5.56 Å². The van der Waals surface area contributed by atoms with E-state index in [1.807, 2.05) is 13.0 Å². The normalized spacial score (nSPS) is 9.80. The van der Waals surface area contributed by atoms with Gasteiger partial charge in [-0.3, -0.25) is 4.90 Å². The van der Waals surface area contributed by atoms with Crippen molar-refractivity contribution in [1.29, 1.82) is 0 Å². The summed E-state index contributed by atoms with van der Waals surface area (Å²) < 4.78 is 5.14. The van der Waals surface area contributed by atoms with Crippen molar-refractivity contribution in [2.45, 2.75) is 13.8 Å². The van der Waals surface area contributed by atoms with E-state index in [1.54, 1.807) is 26.2 Å². The molecule has 0 spiro atoms. The third-order valence-electron chi connectivity index (χ3n) is 2.25. The number of methoxy groups -OCH3 is 1. The molecule has 0 aliphatic carbocycles. The molecule has 0 aromatic heterocycles. The molecule has 0 bridgehead atoms. The maximum atomic E-state index is 10.9. The fourth-order valence-electron chi connectivity index (χ4n) is 1.40. The first-order chi connectivity index (χ1) is 7.10. The van der Waals surface area contributed by atoms with Gasteiger partial charge >= 0.3 is 6.09 Å². The first-order valence-electron chi connectivity index (χ1n) is 4.75. The van der Waals surface area contributed by atoms with Gasteiger partial charge in [0.2, 0.25) is 0 Å². The summed E-state index contributed by atoms with van der Waals surface area (Å²) in [7, 11) is 1.57. The lowest BCUT2D eigenvalue weighted by molar-refractivity contribution is 0.202. The molecule has 0 aliphatic heterocycles. The second-order valence-corrected chi connectivity index (χ2v) is 3.18. The van der Waals surface area contributed by atoms with Crippen molar-refractivity contribution in [2.75, 3.05) is 18.6 Å². The summed E-state index contributed by atoms with van der Waals surface area (Å²) in [5, 5.41) is 8.94. The zero-order valence-corrected chi connectivity index (χ0v) is 9.15. The van der Waals surface area contributed by atoms with Crippen molar-refractivity contribution in [3.63, 3.8) is 0 Å². The van der Waals surface area contributed by atoms with E-state index < -0.39 is 6.09 Å². The molecule has 0 fully saturated rings. The van der Waals surface area contributed by atoms with E-state index in [0.29, 0.717) is 18.0 Å². The predicted molar refractivity (Wildman–Crippen MR) is 58.8 cm³/mol. The van der Waals surface area contributed by atoms with Crippen molar-refractivity contribution in [1.82, 2.24) is 0 Å². The molecule has 0 unspecified atom stereocenters. The SMILES string of the molecule is CCN(C(=O)O)c1ccc(C)c(OC)c1. The van der Waals surface area contributed by atoms with E-state index in [1.165, 1.54) is 4.90 Å². The molecule has 0 radical (unpaired) electrons. The number of ether oxygens (including phenoxy) is 1. The number of nitrogens with zero attached hydrogens (tertiary/aromatic N) is 1. The minimum Gasteiger partial charge on any atom is -0.496 e. The zero-order chi connectivity index (χ0) is 11.4. The lowest BCUT2D eigenvalue weighted by atomic mass is 10.2. The molecule has 4 heteroatoms. The van der Waals surface area contributed by atoms with E-state index >= 15 is 0 Å². The quantitative estimate of drug-likeness (QED) is 0.832. The number of benzene rings is 1. The molecule has 0 saturated carbocycles. The number of hydrogen-bond donors (Lipinski definition) is 1. The van der Waals surface area contributed by atoms with E-state index in [9.17, 15) is 4.79 Å². The van der Waals surface area contributed by atoms with Crippen LogP contribution in [0.5, 0.6) is 5.75 Å². The summed E-state index contributed by atoms with van der Waals surface area (Å²) in [6.45, 7) is 4.13. The molecule has 1 aromatic rings. The zero-order valence-electron chi connectivity index (χ0n) is 9.15. The van der Waals surface area contributed by atoms with Crippen molar-refractivity contribution in [3.8, 4) is 5.75 Å². The van der Waals surface area contributed by atoms with Gasteiger partial charge in [-0.1, -0.05) is 6.07 Å². The third kappa shape index (κ3) is 2.40. The minimum atomic E-state index is -0.955. The van der Waals surface area contributed by atoms with Crippen LogP contribution in [0.25, 0.3) is 0 Å². The van der Waals surface area contributed by atoms with Gasteiger partial charge in [0.25, 0.3) is 0 Å². The lowest BCUT2D eigenvalue weighted by Crippen LogP contribution is -2.28. The van der Waals surface area contributed by atoms with Crippen LogP contribution >= 0.6 is 0 Å². The van der Waals surface area contributed by atoms with Gasteiger partial charge in [-0.15, -0.1) is 0 Å². The highest BCUT2D eigenvalue weighted by Crippen LogP contribution is 2.24. The summed E-state index contributed by atoms with van der Waals surface area (Å²) in [6, 6.07) is 5.35. The van der Waals surface area contributed by atoms with Crippen LogP contribution in [0.15, 0.2) is 18.2 Å². The van der Waals surface area contributed by atoms with Gasteiger partial charge in [-0.05, 0) is 25.5 Å². The number of anilines is 1. The minimum absolute atomic E-state index is 0.418. The molecule has 1 rings (SSSR count). The summed E-state index contributed by atoms with van der Waals surface area (Å²) in [5.41, 5.74) is 1.62. The Balaban J connectivity index is 3.09. The molecule has 1 amide bonds. The second kappa shape index (κ2) is 4.68. The largest absolute Gasteiger partial charge is 0.496 e. The van der Waals surface area contributed by atoms with Crippen molar-refractivity contribution < 1.29 is 14.6 Å². The van der Waals surface area contributed by atoms with Crippen LogP contribution in [0.3, 0.4) is 0 Å². The molecule has 0 saturated heterocycles. The van der Waals surface area contributed by atoms with Crippen LogP contribution in [0.1, 0.15) is 12.5 Å². The maximum Gasteiger partial charge on any atom is 0.411 e. The highest BCUT2D eigenvalue weighted by atomic mass is 16.5. The van der Waals surface area contributed by atoms with Gasteiger partial charge in [-0.25, -0.2) is 4.79 Å². The van der Waals surface area contributed by atoms with Gasteiger partial charge in [0.1, 0.15) is 5.75 Å². The molecule has 15 heavy (non-hydrogen) atoms. The molecule has 0 heterocycles. The average Bonchev–Trinajstić information content (AvgIpc) is 2.21. The first kappa shape index (κ1) is 11.4. The van der Waals surface area contributed by atoms with Crippen LogP contribution in [0.4, 0.5) is 10.5 Å². The molecular weight excluding hydrogens is 194 g/mol. The first-order valence-corrected chi connectivity index (χ1v) is 4.75. The van der Waals surface area contributed by atoms with Gasteiger partial charge in [-0.2, -0.15) is 0 Å². The van der Waals surface area contributed by atoms with E-state index in [2.05, 4.69) is 0 Å². The van der Waals surface area contributed by atoms with Gasteiger partial charge in [0, 0.05) is 12.6 Å². The monoisotopic (exact) mass is 209 g/mol. The van der Waals surface area contributed by atoms with Crippen LogP contribution in [0, 0.1) is 6.92 Å². The number of hydrogen-bond acceptors (Lipinski definition) is 2. The Morgan fingerprint density at radius 1 is 1.53 bits per heavy atom. The second-order valence-electron chi connectivity index (χ2n) is 3.18. The molecular formula is C11H15NO3. The van der Waals surface area contributed by atoms with Crippen molar-refractivity contribution >= 4 is 11.8 Å². The van der Waals surface area contributed by atoms with Gasteiger partial charge in [0.05, 0.1) is 12.8 Å². The highest BCUT2D eigenvalue weighted by Gasteiger charge is 2.12. The summed E-state index contributed by atoms with van der Waals surface area (Å²) in [4.78, 5) is 12.2. The average molecular weight is 209 g/mol. The Bertz CT molecular complexity index is 363. The number of carbonyl (C=O) groups is 1. The van der Waals surface area contributed by atoms with Crippen LogP contribution in [-0.4, -0.2) is 24.9 Å². The maximum absolute atomic E-state index is 10.9. The summed E-state index contributed by atoms with van der Waals surface area (Å²) in [5.74, 6) is 0.701. The highest BCUT2D eigenvalue weighted by molar-refractivity contribution is 5.86. The van der Waals surface area contributed by atoms with Crippen molar-refractivity contribution in [3.05, 3.63) is 23.8 Å². The number of rotatable bonds is 3. The summed E-state index contributed by atoms with van der Waals surface area (Å²) in [6.07, 6.45) is -0.955. The predicted octanol–water partition coefficient (Wildman–Crippen LogP) is 2.51. The Labute approximate surface area is 89.1 Å². The molecule has 0 aliphatic rings. The number of carboxylic acid groups (broad SMARTS) is 1. The molecule has 1 N–H and O–H groups in total. The van der Waals surface area contributed by atoms with Gasteiger partial charge in [0.15, 0.2) is 0 Å². The Morgan fingerprint density at radius 2 is 2.20 bits per heavy atom. The molecule has 0 atom stereocenters.